The third-order valence-electron chi connectivity index (χ3n) is 4.54. The molecule has 4 bridgehead atoms. The molecule has 4 heterocycles. The molecule has 14 heavy (non-hydrogen) atoms. The van der Waals surface area contributed by atoms with Crippen LogP contribution in [0, 0.1) is 5.41 Å². The van der Waals surface area contributed by atoms with Crippen LogP contribution in [0.3, 0.4) is 0 Å². The van der Waals surface area contributed by atoms with Gasteiger partial charge in [0.2, 0.25) is 0 Å². The van der Waals surface area contributed by atoms with Gasteiger partial charge in [-0.1, -0.05) is 45.7 Å². The van der Waals surface area contributed by atoms with Crippen molar-refractivity contribution in [2.24, 2.45) is 5.41 Å². The van der Waals surface area contributed by atoms with Crippen molar-refractivity contribution >= 4 is 31.9 Å². The van der Waals surface area contributed by atoms with Crippen molar-refractivity contribution in [3.8, 4) is 0 Å². The minimum absolute atomic E-state index is 0.276. The van der Waals surface area contributed by atoms with Crippen molar-refractivity contribution in [1.82, 2.24) is 9.80 Å². The summed E-state index contributed by atoms with van der Waals surface area (Å²) in [6.45, 7) is 10.8. The smallest absolute Gasteiger partial charge is 0.0577 e. The molecule has 4 aliphatic rings. The molecule has 0 atom stereocenters. The fourth-order valence-corrected chi connectivity index (χ4v) is 5.75. The highest BCUT2D eigenvalue weighted by molar-refractivity contribution is 9.10. The molecule has 80 valence electrons. The quantitative estimate of drug-likeness (QED) is 0.628. The molecular formula is C10H16Br2N2. The summed E-state index contributed by atoms with van der Waals surface area (Å²) < 4.78 is 0.552. The Labute approximate surface area is 102 Å². The van der Waals surface area contributed by atoms with E-state index in [1.165, 1.54) is 26.2 Å². The zero-order chi connectivity index (χ0) is 10.2. The summed E-state index contributed by atoms with van der Waals surface area (Å²) in [5.74, 6) is 0. The van der Waals surface area contributed by atoms with Crippen LogP contribution < -0.4 is 0 Å². The van der Waals surface area contributed by atoms with Crippen molar-refractivity contribution in [3.05, 3.63) is 0 Å². The normalized spacial score (nSPS) is 59.1. The molecule has 4 rings (SSSR count). The van der Waals surface area contributed by atoms with Gasteiger partial charge >= 0.3 is 0 Å². The maximum atomic E-state index is 4.00. The van der Waals surface area contributed by atoms with E-state index in [1.807, 2.05) is 0 Å². The molecular weight excluding hydrogens is 308 g/mol. The van der Waals surface area contributed by atoms with Crippen LogP contribution in [-0.2, 0) is 0 Å². The van der Waals surface area contributed by atoms with Gasteiger partial charge in [0.15, 0.2) is 0 Å². The second-order valence-electron chi connectivity index (χ2n) is 5.67. The van der Waals surface area contributed by atoms with Crippen LogP contribution in [0.15, 0.2) is 0 Å². The molecule has 0 unspecified atom stereocenters. The third kappa shape index (κ3) is 0.989. The van der Waals surface area contributed by atoms with Gasteiger partial charge in [-0.25, -0.2) is 0 Å². The van der Waals surface area contributed by atoms with Crippen LogP contribution in [0.1, 0.15) is 13.8 Å². The first-order valence-electron chi connectivity index (χ1n) is 5.19. The number of nitrogens with zero attached hydrogens (tertiary/aromatic N) is 2. The summed E-state index contributed by atoms with van der Waals surface area (Å²) in [6.07, 6.45) is 0. The van der Waals surface area contributed by atoms with Crippen molar-refractivity contribution in [2.45, 2.75) is 22.5 Å². The molecule has 4 heteroatoms. The first-order chi connectivity index (χ1) is 6.36. The lowest BCUT2D eigenvalue weighted by Gasteiger charge is -2.69. The number of hydrogen-bond acceptors (Lipinski definition) is 2. The lowest BCUT2D eigenvalue weighted by Crippen LogP contribution is -2.81. The summed E-state index contributed by atoms with van der Waals surface area (Å²) in [5.41, 5.74) is 0.327. The van der Waals surface area contributed by atoms with Gasteiger partial charge in [-0.2, -0.15) is 0 Å². The standard InChI is InChI=1S/C10H16Br2N2/c1-8(2)9(11)3-13-5-10(8,12)6-14(4-9)7-13/h3-7H2,1-2H3. The van der Waals surface area contributed by atoms with E-state index in [2.05, 4.69) is 55.5 Å². The average molecular weight is 324 g/mol. The molecule has 0 amide bonds. The lowest BCUT2D eigenvalue weighted by molar-refractivity contribution is -0.104. The Morgan fingerprint density at radius 2 is 1.21 bits per heavy atom. The van der Waals surface area contributed by atoms with Gasteiger partial charge in [0.25, 0.3) is 0 Å². The van der Waals surface area contributed by atoms with E-state index in [4.69, 9.17) is 0 Å². The lowest BCUT2D eigenvalue weighted by atomic mass is 9.62. The van der Waals surface area contributed by atoms with Crippen LogP contribution in [0.5, 0.6) is 0 Å². The van der Waals surface area contributed by atoms with E-state index in [-0.39, 0.29) is 8.65 Å². The number of halogens is 2. The van der Waals surface area contributed by atoms with Gasteiger partial charge in [-0.05, 0) is 0 Å². The Morgan fingerprint density at radius 1 is 0.857 bits per heavy atom. The number of hydrogen-bond donors (Lipinski definition) is 0. The first kappa shape index (κ1) is 10.1. The van der Waals surface area contributed by atoms with Crippen LogP contribution in [-0.4, -0.2) is 51.3 Å². The summed E-state index contributed by atoms with van der Waals surface area (Å²) >= 11 is 8.00. The molecule has 4 saturated heterocycles. The highest BCUT2D eigenvalue weighted by Crippen LogP contribution is 2.59. The van der Waals surface area contributed by atoms with Crippen LogP contribution in [0.4, 0.5) is 0 Å². The molecule has 2 nitrogen and oxygen atoms in total. The Kier molecular flexibility index (Phi) is 1.85. The fraction of sp³-hybridized carbons (Fsp3) is 1.00. The van der Waals surface area contributed by atoms with E-state index in [0.717, 1.165) is 6.67 Å². The van der Waals surface area contributed by atoms with E-state index in [9.17, 15) is 0 Å². The molecule has 0 aromatic heterocycles. The number of piperidine rings is 2. The van der Waals surface area contributed by atoms with E-state index >= 15 is 0 Å². The van der Waals surface area contributed by atoms with E-state index in [0.29, 0.717) is 5.41 Å². The number of rotatable bonds is 0. The summed E-state index contributed by atoms with van der Waals surface area (Å²) in [7, 11) is 0. The van der Waals surface area contributed by atoms with Crippen molar-refractivity contribution in [1.29, 1.82) is 0 Å². The molecule has 4 aliphatic heterocycles. The van der Waals surface area contributed by atoms with E-state index < -0.39 is 0 Å². The molecule has 0 radical (unpaired) electrons. The predicted molar refractivity (Wildman–Crippen MR) is 65.1 cm³/mol. The summed E-state index contributed by atoms with van der Waals surface area (Å²) in [5, 5.41) is 0. The molecule has 0 N–H and O–H groups in total. The Balaban J connectivity index is 2.10. The monoisotopic (exact) mass is 322 g/mol. The van der Waals surface area contributed by atoms with Gasteiger partial charge in [0, 0.05) is 31.6 Å². The number of alkyl halides is 2. The van der Waals surface area contributed by atoms with Gasteiger partial charge in [0.05, 0.1) is 15.3 Å². The van der Waals surface area contributed by atoms with Crippen LogP contribution in [0.2, 0.25) is 0 Å². The Bertz CT molecular complexity index is 252. The molecule has 0 spiro atoms. The first-order valence-corrected chi connectivity index (χ1v) is 6.78. The maximum absolute atomic E-state index is 4.00. The zero-order valence-corrected chi connectivity index (χ0v) is 11.9. The van der Waals surface area contributed by atoms with Crippen molar-refractivity contribution in [2.75, 3.05) is 32.8 Å². The largest absolute Gasteiger partial charge is 0.288 e. The Hall–Kier alpha value is 0.880. The summed E-state index contributed by atoms with van der Waals surface area (Å²) in [4.78, 5) is 5.11. The third-order valence-corrected chi connectivity index (χ3v) is 7.52. The predicted octanol–water partition coefficient (Wildman–Crippen LogP) is 1.88. The van der Waals surface area contributed by atoms with Crippen molar-refractivity contribution in [3.63, 3.8) is 0 Å². The topological polar surface area (TPSA) is 6.48 Å². The second-order valence-corrected chi connectivity index (χ2v) is 8.71. The fourth-order valence-electron chi connectivity index (χ4n) is 3.30. The zero-order valence-electron chi connectivity index (χ0n) is 8.69. The Morgan fingerprint density at radius 3 is 1.57 bits per heavy atom. The van der Waals surface area contributed by atoms with E-state index in [1.54, 1.807) is 0 Å². The minimum atomic E-state index is 0.276. The SMILES string of the molecule is CC1(C)C2(Br)CN3CN(C2)CC1(Br)C3. The van der Waals surface area contributed by atoms with Gasteiger partial charge in [-0.3, -0.25) is 9.80 Å². The highest BCUT2D eigenvalue weighted by Gasteiger charge is 2.65. The van der Waals surface area contributed by atoms with Crippen LogP contribution in [0.25, 0.3) is 0 Å². The second kappa shape index (κ2) is 2.58. The van der Waals surface area contributed by atoms with Crippen LogP contribution >= 0.6 is 31.9 Å². The maximum Gasteiger partial charge on any atom is 0.0577 e. The van der Waals surface area contributed by atoms with Gasteiger partial charge in [-0.15, -0.1) is 0 Å². The van der Waals surface area contributed by atoms with Gasteiger partial charge < -0.3 is 0 Å². The van der Waals surface area contributed by atoms with Crippen molar-refractivity contribution < 1.29 is 0 Å². The molecule has 4 fully saturated rings. The minimum Gasteiger partial charge on any atom is -0.288 e. The van der Waals surface area contributed by atoms with Gasteiger partial charge in [0.1, 0.15) is 0 Å². The average Bonchev–Trinajstić information content (AvgIpc) is 1.98. The molecule has 0 aromatic rings. The summed E-state index contributed by atoms with van der Waals surface area (Å²) in [6, 6.07) is 0. The molecule has 0 aliphatic carbocycles. The highest BCUT2D eigenvalue weighted by atomic mass is 79.9. The molecule has 0 aromatic carbocycles. The molecule has 0 saturated carbocycles.